The fourth-order valence-corrected chi connectivity index (χ4v) is 6.23. The van der Waals surface area contributed by atoms with Gasteiger partial charge in [-0.3, -0.25) is 4.98 Å². The molecule has 1 aromatic heterocycles. The van der Waals surface area contributed by atoms with Crippen molar-refractivity contribution in [1.82, 2.24) is 9.88 Å². The highest BCUT2D eigenvalue weighted by Gasteiger charge is 2.33. The smallest absolute Gasteiger partial charge is 0.417 e. The van der Waals surface area contributed by atoms with Gasteiger partial charge in [0, 0.05) is 41.9 Å². The molecule has 1 aliphatic heterocycles. The van der Waals surface area contributed by atoms with Crippen LogP contribution in [0, 0.1) is 11.8 Å². The highest BCUT2D eigenvalue weighted by atomic mass is 32.2. The van der Waals surface area contributed by atoms with Crippen molar-refractivity contribution in [1.29, 1.82) is 0 Å². The third-order valence-electron chi connectivity index (χ3n) is 7.22. The monoisotopic (exact) mass is 534 g/mol. The minimum Gasteiger partial charge on any atom is -0.497 e. The Balaban J connectivity index is 1.30. The number of methoxy groups -OCH3 is 1. The van der Waals surface area contributed by atoms with Crippen LogP contribution in [0.4, 0.5) is 13.2 Å². The van der Waals surface area contributed by atoms with Crippen LogP contribution in [0.25, 0.3) is 10.9 Å². The zero-order valence-electron chi connectivity index (χ0n) is 20.8. The predicted molar refractivity (Wildman–Crippen MR) is 140 cm³/mol. The summed E-state index contributed by atoms with van der Waals surface area (Å²) in [6, 6.07) is 13.1. The molecule has 200 valence electrons. The molecule has 2 N–H and O–H groups in total. The van der Waals surface area contributed by atoms with Crippen molar-refractivity contribution in [2.24, 2.45) is 11.8 Å². The van der Waals surface area contributed by atoms with Gasteiger partial charge in [-0.1, -0.05) is 12.1 Å². The van der Waals surface area contributed by atoms with Gasteiger partial charge in [0.05, 0.1) is 24.3 Å². The second-order valence-corrected chi connectivity index (χ2v) is 10.6. The molecule has 1 aliphatic rings. The average molecular weight is 535 g/mol. The second kappa shape index (κ2) is 12.5. The van der Waals surface area contributed by atoms with Crippen molar-refractivity contribution >= 4 is 22.7 Å². The Kier molecular flexibility index (Phi) is 9.34. The fourth-order valence-electron chi connectivity index (χ4n) is 5.15. The Bertz CT molecular complexity index is 1180. The molecule has 4 rings (SSSR count). The van der Waals surface area contributed by atoms with Gasteiger partial charge in [0.15, 0.2) is 0 Å². The summed E-state index contributed by atoms with van der Waals surface area (Å²) in [5.41, 5.74) is 1.03. The first-order chi connectivity index (χ1) is 17.8. The lowest BCUT2D eigenvalue weighted by molar-refractivity contribution is -0.139. The molecule has 37 heavy (non-hydrogen) atoms. The summed E-state index contributed by atoms with van der Waals surface area (Å²) in [5, 5.41) is 21.9. The zero-order chi connectivity index (χ0) is 26.4. The molecule has 3 aromatic rings. The van der Waals surface area contributed by atoms with Crippen LogP contribution in [0.3, 0.4) is 0 Å². The maximum absolute atomic E-state index is 13.2. The molecule has 3 atom stereocenters. The number of ether oxygens (including phenoxy) is 1. The number of alkyl halides is 3. The first kappa shape index (κ1) is 27.7. The Labute approximate surface area is 219 Å². The normalized spacial score (nSPS) is 19.7. The zero-order valence-corrected chi connectivity index (χ0v) is 21.6. The van der Waals surface area contributed by atoms with Gasteiger partial charge >= 0.3 is 6.18 Å². The molecule has 1 saturated heterocycles. The van der Waals surface area contributed by atoms with E-state index >= 15 is 0 Å². The number of aliphatic hydroxyl groups excluding tert-OH is 2. The summed E-state index contributed by atoms with van der Waals surface area (Å²) in [7, 11) is 1.61. The molecular weight excluding hydrogens is 501 g/mol. The van der Waals surface area contributed by atoms with Crippen LogP contribution in [-0.4, -0.2) is 59.2 Å². The molecule has 9 heteroatoms. The number of nitrogens with zero attached hydrogens (tertiary/aromatic N) is 2. The maximum atomic E-state index is 13.2. The van der Waals surface area contributed by atoms with Crippen molar-refractivity contribution < 1.29 is 28.1 Å². The molecule has 2 heterocycles. The number of aliphatic hydroxyl groups is 2. The standard InChI is InChI=1S/C28H33F3N2O3S/c1-36-21-7-8-25-23(16-21)22(10-12-32-25)26(35)9-6-19-11-13-33(17-20(19)18-34)14-15-37-27-5-3-2-4-24(27)28(29,30)31/h2-5,7-8,10,12,16,19-20,26,34-35H,6,9,11,13-15,17-18H2,1H3/t19-,20-,26+/m1/s1. The van der Waals surface area contributed by atoms with E-state index in [1.54, 1.807) is 19.4 Å². The van der Waals surface area contributed by atoms with Gasteiger partial charge < -0.3 is 19.8 Å². The van der Waals surface area contributed by atoms with Gasteiger partial charge in [0.25, 0.3) is 0 Å². The van der Waals surface area contributed by atoms with Crippen LogP contribution in [-0.2, 0) is 6.18 Å². The van der Waals surface area contributed by atoms with Crippen molar-refractivity contribution in [2.45, 2.75) is 36.4 Å². The molecule has 0 spiro atoms. The maximum Gasteiger partial charge on any atom is 0.417 e. The SMILES string of the molecule is COc1ccc2nccc([C@@H](O)CC[C@@H]3CCN(CCSc4ccccc4C(F)(F)F)C[C@@H]3CO)c2c1. The number of thioether (sulfide) groups is 1. The van der Waals surface area contributed by atoms with Crippen molar-refractivity contribution in [2.75, 3.05) is 39.1 Å². The van der Waals surface area contributed by atoms with E-state index in [9.17, 15) is 23.4 Å². The van der Waals surface area contributed by atoms with Crippen LogP contribution < -0.4 is 4.74 Å². The number of benzene rings is 2. The lowest BCUT2D eigenvalue weighted by Crippen LogP contribution is -2.43. The Morgan fingerprint density at radius 1 is 1.16 bits per heavy atom. The highest BCUT2D eigenvalue weighted by Crippen LogP contribution is 2.37. The number of pyridine rings is 1. The molecule has 0 bridgehead atoms. The molecule has 2 aromatic carbocycles. The first-order valence-electron chi connectivity index (χ1n) is 12.5. The summed E-state index contributed by atoms with van der Waals surface area (Å²) in [6.45, 7) is 2.24. The molecule has 0 unspecified atom stereocenters. The third-order valence-corrected chi connectivity index (χ3v) is 8.27. The number of aromatic nitrogens is 1. The van der Waals surface area contributed by atoms with Crippen LogP contribution in [0.2, 0.25) is 0 Å². The summed E-state index contributed by atoms with van der Waals surface area (Å²) in [5.74, 6) is 1.61. The molecular formula is C28H33F3N2O3S. The van der Waals surface area contributed by atoms with Gasteiger partial charge in [0.2, 0.25) is 0 Å². The summed E-state index contributed by atoms with van der Waals surface area (Å²) in [6.07, 6.45) is -1.08. The number of fused-ring (bicyclic) bond motifs is 1. The van der Waals surface area contributed by atoms with Gasteiger partial charge in [-0.25, -0.2) is 0 Å². The van der Waals surface area contributed by atoms with E-state index in [1.165, 1.54) is 23.9 Å². The van der Waals surface area contributed by atoms with Crippen molar-refractivity contribution in [3.05, 3.63) is 65.9 Å². The number of hydrogen-bond donors (Lipinski definition) is 2. The minimum absolute atomic E-state index is 0.0523. The minimum atomic E-state index is -4.36. The fraction of sp³-hybridized carbons (Fsp3) is 0.464. The van der Waals surface area contributed by atoms with E-state index in [0.717, 1.165) is 41.9 Å². The van der Waals surface area contributed by atoms with E-state index in [2.05, 4.69) is 9.88 Å². The van der Waals surface area contributed by atoms with Gasteiger partial charge in [0.1, 0.15) is 5.75 Å². The molecule has 0 radical (unpaired) electrons. The van der Waals surface area contributed by atoms with Crippen molar-refractivity contribution in [3.63, 3.8) is 0 Å². The van der Waals surface area contributed by atoms with Crippen LogP contribution >= 0.6 is 11.8 Å². The summed E-state index contributed by atoms with van der Waals surface area (Å²) < 4.78 is 45.1. The lowest BCUT2D eigenvalue weighted by atomic mass is 9.81. The molecule has 5 nitrogen and oxygen atoms in total. The number of piperidine rings is 1. The van der Waals surface area contributed by atoms with Crippen LogP contribution in [0.1, 0.15) is 36.5 Å². The average Bonchev–Trinajstić information content (AvgIpc) is 2.91. The Morgan fingerprint density at radius 2 is 1.97 bits per heavy atom. The van der Waals surface area contributed by atoms with Gasteiger partial charge in [-0.2, -0.15) is 13.2 Å². The predicted octanol–water partition coefficient (Wildman–Crippen LogP) is 5.80. The number of halogens is 3. The van der Waals surface area contributed by atoms with Gasteiger partial charge in [-0.05, 0) is 79.6 Å². The quantitative estimate of drug-likeness (QED) is 0.321. The second-order valence-electron chi connectivity index (χ2n) is 9.51. The molecule has 0 amide bonds. The summed E-state index contributed by atoms with van der Waals surface area (Å²) in [4.78, 5) is 6.85. The third kappa shape index (κ3) is 6.96. The topological polar surface area (TPSA) is 65.8 Å². The number of rotatable bonds is 10. The van der Waals surface area contributed by atoms with E-state index in [0.29, 0.717) is 31.0 Å². The largest absolute Gasteiger partial charge is 0.497 e. The Morgan fingerprint density at radius 3 is 2.73 bits per heavy atom. The summed E-state index contributed by atoms with van der Waals surface area (Å²) >= 11 is 1.22. The Hall–Kier alpha value is -2.33. The van der Waals surface area contributed by atoms with E-state index in [-0.39, 0.29) is 23.3 Å². The molecule has 1 fully saturated rings. The van der Waals surface area contributed by atoms with Crippen LogP contribution in [0.5, 0.6) is 5.75 Å². The van der Waals surface area contributed by atoms with Crippen molar-refractivity contribution in [3.8, 4) is 5.75 Å². The molecule has 0 aliphatic carbocycles. The molecule has 0 saturated carbocycles. The number of likely N-dealkylation sites (tertiary alicyclic amines) is 1. The first-order valence-corrected chi connectivity index (χ1v) is 13.5. The van der Waals surface area contributed by atoms with E-state index in [1.807, 2.05) is 24.3 Å². The lowest BCUT2D eigenvalue weighted by Gasteiger charge is -2.38. The van der Waals surface area contributed by atoms with E-state index in [4.69, 9.17) is 4.74 Å². The highest BCUT2D eigenvalue weighted by molar-refractivity contribution is 7.99. The number of hydrogen-bond acceptors (Lipinski definition) is 6. The van der Waals surface area contributed by atoms with Gasteiger partial charge in [-0.15, -0.1) is 11.8 Å². The van der Waals surface area contributed by atoms with E-state index < -0.39 is 17.8 Å². The van der Waals surface area contributed by atoms with Crippen LogP contribution in [0.15, 0.2) is 59.6 Å².